The molecular weight excluding hydrogens is 476 g/mol. The molecule has 0 radical (unpaired) electrons. The summed E-state index contributed by atoms with van der Waals surface area (Å²) in [5.74, 6) is 1.08. The van der Waals surface area contributed by atoms with Crippen LogP contribution in [0.2, 0.25) is 0 Å². The molecule has 176 valence electrons. The van der Waals surface area contributed by atoms with Gasteiger partial charge >= 0.3 is 5.97 Å². The summed E-state index contributed by atoms with van der Waals surface area (Å²) < 4.78 is 7.37. The summed E-state index contributed by atoms with van der Waals surface area (Å²) in [4.78, 5) is 27.8. The lowest BCUT2D eigenvalue weighted by Gasteiger charge is -2.18. The Kier molecular flexibility index (Phi) is 7.87. The lowest BCUT2D eigenvalue weighted by Crippen LogP contribution is -2.18. The Morgan fingerprint density at radius 3 is 2.91 bits per heavy atom. The number of thiophene rings is 2. The summed E-state index contributed by atoms with van der Waals surface area (Å²) in [5, 5.41) is 15.0. The van der Waals surface area contributed by atoms with Crippen LogP contribution in [0.4, 0.5) is 5.00 Å². The Bertz CT molecular complexity index is 1120. The molecule has 0 fully saturated rings. The Labute approximate surface area is 206 Å². The number of hydrogen-bond donors (Lipinski definition) is 1. The van der Waals surface area contributed by atoms with Crippen LogP contribution in [0.25, 0.3) is 10.7 Å². The van der Waals surface area contributed by atoms with Crippen molar-refractivity contribution in [2.75, 3.05) is 17.7 Å². The van der Waals surface area contributed by atoms with Gasteiger partial charge in [-0.3, -0.25) is 4.79 Å². The molecule has 33 heavy (non-hydrogen) atoms. The van der Waals surface area contributed by atoms with Crippen molar-refractivity contribution in [1.82, 2.24) is 14.8 Å². The van der Waals surface area contributed by atoms with Gasteiger partial charge in [0.05, 0.1) is 22.8 Å². The monoisotopic (exact) mass is 504 g/mol. The van der Waals surface area contributed by atoms with Crippen LogP contribution in [0.15, 0.2) is 22.7 Å². The number of hydrogen-bond acceptors (Lipinski definition) is 8. The van der Waals surface area contributed by atoms with Crippen molar-refractivity contribution in [2.24, 2.45) is 5.92 Å². The minimum atomic E-state index is -0.351. The molecule has 7 nitrogen and oxygen atoms in total. The molecule has 0 aliphatic heterocycles. The number of esters is 1. The van der Waals surface area contributed by atoms with Gasteiger partial charge in [0.25, 0.3) is 0 Å². The van der Waals surface area contributed by atoms with Crippen molar-refractivity contribution in [3.05, 3.63) is 33.5 Å². The average molecular weight is 505 g/mol. The Hall–Kier alpha value is -2.17. The number of ether oxygens (including phenoxy) is 1. The number of amides is 1. The standard InChI is InChI=1S/C23H28N4O3S3/c1-4-10-27-20(16-7-6-11-31-16)25-26-23(27)32-13-18(28)24-21-19(22(29)30-5-2)15-9-8-14(3)12-17(15)33-21/h6-7,11,14H,4-5,8-10,12-13H2,1-3H3,(H,24,28). The van der Waals surface area contributed by atoms with Crippen molar-refractivity contribution in [3.63, 3.8) is 0 Å². The van der Waals surface area contributed by atoms with Gasteiger partial charge < -0.3 is 14.6 Å². The van der Waals surface area contributed by atoms with E-state index in [9.17, 15) is 9.59 Å². The van der Waals surface area contributed by atoms with Crippen LogP contribution in [-0.2, 0) is 28.9 Å². The molecule has 3 aromatic rings. The first-order chi connectivity index (χ1) is 16.0. The zero-order chi connectivity index (χ0) is 23.4. The predicted molar refractivity (Wildman–Crippen MR) is 134 cm³/mol. The van der Waals surface area contributed by atoms with Gasteiger partial charge in [-0.25, -0.2) is 4.79 Å². The van der Waals surface area contributed by atoms with Crippen LogP contribution in [-0.4, -0.2) is 39.0 Å². The van der Waals surface area contributed by atoms with E-state index in [4.69, 9.17) is 4.74 Å². The summed E-state index contributed by atoms with van der Waals surface area (Å²) in [6, 6.07) is 4.02. The van der Waals surface area contributed by atoms with E-state index in [1.54, 1.807) is 18.3 Å². The third-order valence-corrected chi connectivity index (χ3v) is 8.48. The van der Waals surface area contributed by atoms with E-state index in [-0.39, 0.29) is 17.6 Å². The summed E-state index contributed by atoms with van der Waals surface area (Å²) in [6.07, 6.45) is 3.76. The van der Waals surface area contributed by atoms with E-state index >= 15 is 0 Å². The Morgan fingerprint density at radius 2 is 2.18 bits per heavy atom. The first-order valence-electron chi connectivity index (χ1n) is 11.2. The minimum Gasteiger partial charge on any atom is -0.462 e. The fourth-order valence-corrected chi connectivity index (χ4v) is 6.86. The summed E-state index contributed by atoms with van der Waals surface area (Å²) in [5.41, 5.74) is 1.58. The first kappa shape index (κ1) is 24.0. The molecule has 0 spiro atoms. The molecule has 1 aliphatic carbocycles. The number of nitrogens with one attached hydrogen (secondary N) is 1. The smallest absolute Gasteiger partial charge is 0.341 e. The van der Waals surface area contributed by atoms with Crippen LogP contribution in [0.1, 0.15) is 54.4 Å². The first-order valence-corrected chi connectivity index (χ1v) is 13.9. The number of carbonyl (C=O) groups excluding carboxylic acids is 2. The molecule has 1 amide bonds. The van der Waals surface area contributed by atoms with Gasteiger partial charge in [0.2, 0.25) is 5.91 Å². The zero-order valence-electron chi connectivity index (χ0n) is 19.1. The highest BCUT2D eigenvalue weighted by molar-refractivity contribution is 7.99. The fraction of sp³-hybridized carbons (Fsp3) is 0.478. The molecule has 0 saturated carbocycles. The number of thioether (sulfide) groups is 1. The van der Waals surface area contributed by atoms with Crippen LogP contribution in [0.3, 0.4) is 0 Å². The molecule has 10 heteroatoms. The number of nitrogens with zero attached hydrogens (tertiary/aromatic N) is 3. The van der Waals surface area contributed by atoms with E-state index in [0.717, 1.165) is 53.6 Å². The van der Waals surface area contributed by atoms with Crippen molar-refractivity contribution in [1.29, 1.82) is 0 Å². The maximum atomic E-state index is 12.9. The van der Waals surface area contributed by atoms with E-state index in [2.05, 4.69) is 33.9 Å². The van der Waals surface area contributed by atoms with E-state index < -0.39 is 0 Å². The van der Waals surface area contributed by atoms with Gasteiger partial charge in [0, 0.05) is 11.4 Å². The molecule has 0 aromatic carbocycles. The van der Waals surface area contributed by atoms with Gasteiger partial charge in [-0.1, -0.05) is 31.7 Å². The fourth-order valence-electron chi connectivity index (χ4n) is 3.96. The highest BCUT2D eigenvalue weighted by atomic mass is 32.2. The van der Waals surface area contributed by atoms with Gasteiger partial charge in [-0.05, 0) is 55.5 Å². The number of aromatic nitrogens is 3. The number of anilines is 1. The average Bonchev–Trinajstić information content (AvgIpc) is 3.51. The largest absolute Gasteiger partial charge is 0.462 e. The summed E-state index contributed by atoms with van der Waals surface area (Å²) in [6.45, 7) is 7.22. The van der Waals surface area contributed by atoms with Gasteiger partial charge in [-0.2, -0.15) is 0 Å². The molecule has 1 N–H and O–H groups in total. The molecule has 0 saturated heterocycles. The van der Waals surface area contributed by atoms with Crippen molar-refractivity contribution < 1.29 is 14.3 Å². The van der Waals surface area contributed by atoms with E-state index in [1.165, 1.54) is 28.0 Å². The molecule has 1 aliphatic rings. The van der Waals surface area contributed by atoms with Gasteiger partial charge in [0.1, 0.15) is 5.00 Å². The van der Waals surface area contributed by atoms with Crippen molar-refractivity contribution in [3.8, 4) is 10.7 Å². The Balaban J connectivity index is 1.49. The lowest BCUT2D eigenvalue weighted by molar-refractivity contribution is -0.113. The van der Waals surface area contributed by atoms with Crippen LogP contribution < -0.4 is 5.32 Å². The Morgan fingerprint density at radius 1 is 1.33 bits per heavy atom. The van der Waals surface area contributed by atoms with Gasteiger partial charge in [-0.15, -0.1) is 32.9 Å². The SMILES string of the molecule is CCCn1c(SCC(=O)Nc2sc3c(c2C(=O)OCC)CCC(C)C3)nnc1-c1cccs1. The summed E-state index contributed by atoms with van der Waals surface area (Å²) in [7, 11) is 0. The van der Waals surface area contributed by atoms with E-state index in [0.29, 0.717) is 23.1 Å². The zero-order valence-corrected chi connectivity index (χ0v) is 21.5. The molecule has 1 atom stereocenters. The molecule has 1 unspecified atom stereocenters. The predicted octanol–water partition coefficient (Wildman–Crippen LogP) is 5.51. The maximum absolute atomic E-state index is 12.9. The second-order valence-corrected chi connectivity index (χ2v) is 11.0. The molecule has 0 bridgehead atoms. The summed E-state index contributed by atoms with van der Waals surface area (Å²) >= 11 is 4.49. The maximum Gasteiger partial charge on any atom is 0.341 e. The number of fused-ring (bicyclic) bond motifs is 1. The van der Waals surface area contributed by atoms with Crippen molar-refractivity contribution in [2.45, 2.75) is 58.2 Å². The third kappa shape index (κ3) is 5.33. The lowest BCUT2D eigenvalue weighted by atomic mass is 9.88. The normalized spacial score (nSPS) is 15.3. The molecule has 3 heterocycles. The molecule has 3 aromatic heterocycles. The highest BCUT2D eigenvalue weighted by Crippen LogP contribution is 2.40. The van der Waals surface area contributed by atoms with Crippen molar-refractivity contribution >= 4 is 51.3 Å². The third-order valence-electron chi connectivity index (χ3n) is 5.48. The van der Waals surface area contributed by atoms with Crippen LogP contribution >= 0.6 is 34.4 Å². The second-order valence-electron chi connectivity index (χ2n) is 8.05. The number of carbonyl (C=O) groups is 2. The van der Waals surface area contributed by atoms with E-state index in [1.807, 2.05) is 17.5 Å². The van der Waals surface area contributed by atoms with Crippen LogP contribution in [0, 0.1) is 5.92 Å². The second kappa shape index (κ2) is 10.8. The topological polar surface area (TPSA) is 86.1 Å². The van der Waals surface area contributed by atoms with Gasteiger partial charge in [0.15, 0.2) is 11.0 Å². The molecular formula is C23H28N4O3S3. The highest BCUT2D eigenvalue weighted by Gasteiger charge is 2.29. The molecule has 4 rings (SSSR count). The van der Waals surface area contributed by atoms with Crippen LogP contribution in [0.5, 0.6) is 0 Å². The minimum absolute atomic E-state index is 0.166. The number of rotatable bonds is 9. The quantitative estimate of drug-likeness (QED) is 0.305.